The van der Waals surface area contributed by atoms with Crippen LogP contribution in [0.1, 0.15) is 62.4 Å². The minimum absolute atomic E-state index is 0.132. The molecule has 18 heavy (non-hydrogen) atoms. The van der Waals surface area contributed by atoms with Gasteiger partial charge in [0.15, 0.2) is 0 Å². The topological polar surface area (TPSA) is 48.0 Å². The van der Waals surface area contributed by atoms with Crippen LogP contribution in [0, 0.1) is 0 Å². The Morgan fingerprint density at radius 2 is 2.06 bits per heavy atom. The Morgan fingerprint density at radius 3 is 2.72 bits per heavy atom. The molecule has 0 bridgehead atoms. The minimum Gasteiger partial charge on any atom is -0.326 e. The molecule has 3 heteroatoms. The van der Waals surface area contributed by atoms with Crippen molar-refractivity contribution in [2.45, 2.75) is 65.0 Å². The molecule has 3 nitrogen and oxygen atoms in total. The summed E-state index contributed by atoms with van der Waals surface area (Å²) in [5, 5.41) is 0. The second-order valence-electron chi connectivity index (χ2n) is 5.34. The van der Waals surface area contributed by atoms with Crippen LogP contribution in [0.3, 0.4) is 0 Å². The van der Waals surface area contributed by atoms with Crippen molar-refractivity contribution in [3.05, 3.63) is 33.2 Å². The fraction of sp³-hybridized carbons (Fsp3) is 0.667. The number of pyridine rings is 1. The Kier molecular flexibility index (Phi) is 4.23. The molecule has 1 unspecified atom stereocenters. The summed E-state index contributed by atoms with van der Waals surface area (Å²) in [6.45, 7) is 4.62. The molecule has 1 aromatic rings. The van der Waals surface area contributed by atoms with Gasteiger partial charge in [0.05, 0.1) is 0 Å². The smallest absolute Gasteiger partial charge is 0.255 e. The van der Waals surface area contributed by atoms with Crippen molar-refractivity contribution >= 4 is 0 Å². The van der Waals surface area contributed by atoms with Crippen molar-refractivity contribution in [1.82, 2.24) is 4.57 Å². The summed E-state index contributed by atoms with van der Waals surface area (Å²) in [5.74, 6) is 0. The molecule has 0 aliphatic heterocycles. The fourth-order valence-corrected chi connectivity index (χ4v) is 2.86. The van der Waals surface area contributed by atoms with Crippen molar-refractivity contribution in [2.24, 2.45) is 5.73 Å². The zero-order valence-corrected chi connectivity index (χ0v) is 11.5. The maximum Gasteiger partial charge on any atom is 0.255 e. The Labute approximate surface area is 109 Å². The van der Waals surface area contributed by atoms with E-state index in [1.807, 2.05) is 4.57 Å². The van der Waals surface area contributed by atoms with Gasteiger partial charge < -0.3 is 10.3 Å². The third kappa shape index (κ3) is 2.37. The van der Waals surface area contributed by atoms with E-state index in [2.05, 4.69) is 19.9 Å². The van der Waals surface area contributed by atoms with Gasteiger partial charge in [-0.15, -0.1) is 0 Å². The van der Waals surface area contributed by atoms with Crippen molar-refractivity contribution < 1.29 is 0 Å². The van der Waals surface area contributed by atoms with Crippen LogP contribution in [0.4, 0.5) is 0 Å². The third-order valence-corrected chi connectivity index (χ3v) is 4.11. The molecule has 1 atom stereocenters. The van der Waals surface area contributed by atoms with E-state index >= 15 is 0 Å². The molecule has 2 N–H and O–H groups in total. The molecule has 100 valence electrons. The summed E-state index contributed by atoms with van der Waals surface area (Å²) < 4.78 is 2.02. The molecule has 1 heterocycles. The first-order valence-corrected chi connectivity index (χ1v) is 7.15. The summed E-state index contributed by atoms with van der Waals surface area (Å²) in [4.78, 5) is 12.5. The van der Waals surface area contributed by atoms with Crippen molar-refractivity contribution in [1.29, 1.82) is 0 Å². The van der Waals surface area contributed by atoms with Crippen LogP contribution < -0.4 is 11.3 Å². The van der Waals surface area contributed by atoms with Gasteiger partial charge in [-0.25, -0.2) is 0 Å². The molecule has 0 amide bonds. The van der Waals surface area contributed by atoms with Gasteiger partial charge in [-0.3, -0.25) is 4.79 Å². The van der Waals surface area contributed by atoms with Crippen LogP contribution in [-0.2, 0) is 19.4 Å². The van der Waals surface area contributed by atoms with Crippen LogP contribution in [0.5, 0.6) is 0 Å². The number of fused-ring (bicyclic) bond motifs is 1. The van der Waals surface area contributed by atoms with Gasteiger partial charge in [0, 0.05) is 23.8 Å². The monoisotopic (exact) mass is 248 g/mol. The molecule has 0 aromatic carbocycles. The van der Waals surface area contributed by atoms with Gasteiger partial charge in [0.2, 0.25) is 0 Å². The second-order valence-corrected chi connectivity index (χ2v) is 5.34. The van der Waals surface area contributed by atoms with E-state index in [1.54, 1.807) is 0 Å². The minimum atomic E-state index is 0.132. The van der Waals surface area contributed by atoms with Gasteiger partial charge in [0.25, 0.3) is 5.56 Å². The lowest BCUT2D eigenvalue weighted by Gasteiger charge is -2.22. The van der Waals surface area contributed by atoms with E-state index in [0.29, 0.717) is 6.54 Å². The number of hydrogen-bond donors (Lipinski definition) is 1. The van der Waals surface area contributed by atoms with E-state index in [-0.39, 0.29) is 11.6 Å². The summed E-state index contributed by atoms with van der Waals surface area (Å²) in [6.07, 6.45) is 6.82. The third-order valence-electron chi connectivity index (χ3n) is 4.11. The second kappa shape index (κ2) is 5.70. The van der Waals surface area contributed by atoms with E-state index in [9.17, 15) is 4.79 Å². The van der Waals surface area contributed by atoms with Crippen LogP contribution in [0.15, 0.2) is 10.9 Å². The number of aromatic nitrogens is 1. The van der Waals surface area contributed by atoms with E-state index in [4.69, 9.17) is 5.73 Å². The van der Waals surface area contributed by atoms with Gasteiger partial charge in [-0.2, -0.15) is 0 Å². The molecule has 1 aromatic heterocycles. The Balaban J connectivity index is 2.63. The standard InChI is InChI=1S/C15H24N2O/c1-3-11(2)17-14-8-6-4-5-7-12(14)9-13(10-16)15(17)18/h9,11H,3-8,10,16H2,1-2H3. The summed E-state index contributed by atoms with van der Waals surface area (Å²) in [7, 11) is 0. The summed E-state index contributed by atoms with van der Waals surface area (Å²) in [6, 6.07) is 2.33. The average molecular weight is 248 g/mol. The number of nitrogens with two attached hydrogens (primary N) is 1. The molecule has 1 aliphatic rings. The van der Waals surface area contributed by atoms with E-state index in [0.717, 1.165) is 24.8 Å². The first-order valence-electron chi connectivity index (χ1n) is 7.15. The lowest BCUT2D eigenvalue weighted by Crippen LogP contribution is -2.31. The lowest BCUT2D eigenvalue weighted by molar-refractivity contribution is 0.486. The number of aryl methyl sites for hydroxylation is 1. The highest BCUT2D eigenvalue weighted by Crippen LogP contribution is 2.23. The first kappa shape index (κ1) is 13.3. The van der Waals surface area contributed by atoms with Gasteiger partial charge >= 0.3 is 0 Å². The largest absolute Gasteiger partial charge is 0.326 e. The van der Waals surface area contributed by atoms with Crippen molar-refractivity contribution in [3.63, 3.8) is 0 Å². The first-order chi connectivity index (χ1) is 8.69. The van der Waals surface area contributed by atoms with Crippen LogP contribution >= 0.6 is 0 Å². The van der Waals surface area contributed by atoms with Gasteiger partial charge in [-0.05, 0) is 50.7 Å². The van der Waals surface area contributed by atoms with E-state index < -0.39 is 0 Å². The van der Waals surface area contributed by atoms with Crippen LogP contribution in [0.25, 0.3) is 0 Å². The van der Waals surface area contributed by atoms with E-state index in [1.165, 1.54) is 30.5 Å². The molecule has 0 fully saturated rings. The van der Waals surface area contributed by atoms with Gasteiger partial charge in [0.1, 0.15) is 0 Å². The highest BCUT2D eigenvalue weighted by Gasteiger charge is 2.18. The number of hydrogen-bond acceptors (Lipinski definition) is 2. The Hall–Kier alpha value is -1.09. The Morgan fingerprint density at radius 1 is 1.33 bits per heavy atom. The molecule has 0 spiro atoms. The molecule has 1 aliphatic carbocycles. The molecule has 0 saturated carbocycles. The predicted octanol–water partition coefficient (Wildman–Crippen LogP) is 2.55. The maximum atomic E-state index is 12.5. The molecular formula is C15H24N2O. The zero-order valence-electron chi connectivity index (χ0n) is 11.5. The quantitative estimate of drug-likeness (QED) is 0.836. The van der Waals surface area contributed by atoms with Gasteiger partial charge in [-0.1, -0.05) is 13.3 Å². The summed E-state index contributed by atoms with van der Waals surface area (Å²) in [5.41, 5.74) is 9.25. The highest BCUT2D eigenvalue weighted by atomic mass is 16.1. The fourth-order valence-electron chi connectivity index (χ4n) is 2.86. The Bertz CT molecular complexity index is 476. The lowest BCUT2D eigenvalue weighted by atomic mass is 10.0. The normalized spacial score (nSPS) is 17.1. The molecule has 0 saturated heterocycles. The average Bonchev–Trinajstić information content (AvgIpc) is 2.62. The van der Waals surface area contributed by atoms with Crippen LogP contribution in [-0.4, -0.2) is 4.57 Å². The van der Waals surface area contributed by atoms with Crippen LogP contribution in [0.2, 0.25) is 0 Å². The molecule has 2 rings (SSSR count). The van der Waals surface area contributed by atoms with Crippen molar-refractivity contribution in [3.8, 4) is 0 Å². The predicted molar refractivity (Wildman–Crippen MR) is 74.9 cm³/mol. The number of nitrogens with zero attached hydrogens (tertiary/aromatic N) is 1. The maximum absolute atomic E-state index is 12.5. The molecular weight excluding hydrogens is 224 g/mol. The zero-order chi connectivity index (χ0) is 13.1. The summed E-state index contributed by atoms with van der Waals surface area (Å²) >= 11 is 0. The molecule has 0 radical (unpaired) electrons. The SMILES string of the molecule is CCC(C)n1c2c(cc(CN)c1=O)CCCCC2. The highest BCUT2D eigenvalue weighted by molar-refractivity contribution is 5.28. The number of rotatable bonds is 3. The van der Waals surface area contributed by atoms with Crippen molar-refractivity contribution in [2.75, 3.05) is 0 Å².